The number of hydrogen-bond donors (Lipinski definition) is 0. The van der Waals surface area contributed by atoms with E-state index in [2.05, 4.69) is 0 Å². The molecule has 0 saturated heterocycles. The van der Waals surface area contributed by atoms with Gasteiger partial charge in [0.25, 0.3) is 0 Å². The average molecular weight is 200 g/mol. The summed E-state index contributed by atoms with van der Waals surface area (Å²) in [6, 6.07) is 0. The minimum absolute atomic E-state index is 0. The normalized spacial score (nSPS) is 0. The van der Waals surface area contributed by atoms with Crippen molar-refractivity contribution in [2.75, 3.05) is 0 Å². The SMILES string of the molecule is O.O.O.O.[AlH3].[Ca+2].[Fe].[H-].[H-]. The predicted molar refractivity (Wildman–Crippen MR) is 32.4 cm³/mol. The summed E-state index contributed by atoms with van der Waals surface area (Å²) in [6.45, 7) is 0. The maximum atomic E-state index is 0. The van der Waals surface area contributed by atoms with Gasteiger partial charge in [-0.05, 0) is 0 Å². The van der Waals surface area contributed by atoms with Gasteiger partial charge in [0.2, 0.25) is 0 Å². The van der Waals surface area contributed by atoms with Crippen LogP contribution in [0.2, 0.25) is 0 Å². The fourth-order valence-corrected chi connectivity index (χ4v) is 0. The van der Waals surface area contributed by atoms with Crippen LogP contribution in [0.5, 0.6) is 0 Å². The zero-order chi connectivity index (χ0) is 0. The molecule has 0 atom stereocenters. The summed E-state index contributed by atoms with van der Waals surface area (Å²) in [4.78, 5) is 0. The van der Waals surface area contributed by atoms with Gasteiger partial charge in [0.1, 0.15) is 0 Å². The van der Waals surface area contributed by atoms with E-state index < -0.39 is 0 Å². The Morgan fingerprint density at radius 3 is 0.714 bits per heavy atom. The molecule has 0 aromatic carbocycles. The quantitative estimate of drug-likeness (QED) is 0.348. The van der Waals surface area contributed by atoms with Crippen LogP contribution < -0.4 is 0 Å². The standard InChI is InChI=1S/Al.Ca.Fe.4H2O.5H/h;;;4*1H2;;;;;/q;+2;;;;;;;;;2*-1. The van der Waals surface area contributed by atoms with E-state index in [4.69, 9.17) is 0 Å². The van der Waals surface area contributed by atoms with Gasteiger partial charge < -0.3 is 24.8 Å². The maximum absolute atomic E-state index is 0. The molecule has 0 unspecified atom stereocenters. The van der Waals surface area contributed by atoms with E-state index in [-0.39, 0.29) is 96.9 Å². The van der Waals surface area contributed by atoms with Crippen molar-refractivity contribution >= 4 is 55.1 Å². The number of rotatable bonds is 0. The summed E-state index contributed by atoms with van der Waals surface area (Å²) in [7, 11) is 0. The van der Waals surface area contributed by atoms with E-state index in [0.717, 1.165) is 0 Å². The molecule has 8 N–H and O–H groups in total. The molecule has 0 fully saturated rings. The Labute approximate surface area is 95.8 Å². The minimum atomic E-state index is 0. The largest absolute Gasteiger partial charge is 2.00 e. The van der Waals surface area contributed by atoms with Crippen molar-refractivity contribution in [3.05, 3.63) is 0 Å². The molecule has 0 bridgehead atoms. The van der Waals surface area contributed by atoms with Crippen molar-refractivity contribution in [1.29, 1.82) is 0 Å². The van der Waals surface area contributed by atoms with Gasteiger partial charge in [0.05, 0.1) is 0 Å². The van der Waals surface area contributed by atoms with E-state index in [1.165, 1.54) is 0 Å². The third-order valence-corrected chi connectivity index (χ3v) is 0. The smallest absolute Gasteiger partial charge is 1.00 e. The Hall–Kier alpha value is 2.15. The van der Waals surface area contributed by atoms with Gasteiger partial charge in [0.15, 0.2) is 17.4 Å². The molecular weight excluding hydrogens is 187 g/mol. The molecule has 50 valence electrons. The monoisotopic (exact) mass is 200 g/mol. The molecule has 7 heavy (non-hydrogen) atoms. The van der Waals surface area contributed by atoms with E-state index in [1.807, 2.05) is 0 Å². The summed E-state index contributed by atoms with van der Waals surface area (Å²) in [6.07, 6.45) is 0. The van der Waals surface area contributed by atoms with Gasteiger partial charge in [-0.25, -0.2) is 0 Å². The van der Waals surface area contributed by atoms with E-state index in [0.29, 0.717) is 0 Å². The van der Waals surface area contributed by atoms with Gasteiger partial charge in [0, 0.05) is 17.1 Å². The molecule has 0 amide bonds. The van der Waals surface area contributed by atoms with Crippen molar-refractivity contribution in [1.82, 2.24) is 0 Å². The molecule has 0 rings (SSSR count). The Morgan fingerprint density at radius 2 is 0.714 bits per heavy atom. The molecule has 0 heterocycles. The second kappa shape index (κ2) is 90.1. The van der Waals surface area contributed by atoms with Crippen LogP contribution in [-0.2, 0) is 17.1 Å². The van der Waals surface area contributed by atoms with Gasteiger partial charge in [-0.2, -0.15) is 0 Å². The van der Waals surface area contributed by atoms with Crippen molar-refractivity contribution in [2.24, 2.45) is 0 Å². The van der Waals surface area contributed by atoms with E-state index in [1.54, 1.807) is 0 Å². The van der Waals surface area contributed by atoms with E-state index >= 15 is 0 Å². The van der Waals surface area contributed by atoms with Crippen LogP contribution in [0, 0.1) is 0 Å². The summed E-state index contributed by atoms with van der Waals surface area (Å²) in [5.41, 5.74) is 0. The third kappa shape index (κ3) is 66.6. The van der Waals surface area contributed by atoms with Gasteiger partial charge in [-0.3, -0.25) is 0 Å². The van der Waals surface area contributed by atoms with Crippen molar-refractivity contribution in [3.63, 3.8) is 0 Å². The number of hydrogen-bond acceptors (Lipinski definition) is 0. The van der Waals surface area contributed by atoms with Crippen LogP contribution in [-0.4, -0.2) is 77.0 Å². The van der Waals surface area contributed by atoms with Gasteiger partial charge in [-0.1, -0.05) is 0 Å². The van der Waals surface area contributed by atoms with Gasteiger partial charge >= 0.3 is 37.7 Å². The molecule has 4 nitrogen and oxygen atoms in total. The fourth-order valence-electron chi connectivity index (χ4n) is 0. The van der Waals surface area contributed by atoms with Crippen molar-refractivity contribution < 1.29 is 41.8 Å². The molecule has 0 spiro atoms. The third-order valence-electron chi connectivity index (χ3n) is 0. The topological polar surface area (TPSA) is 126 Å². The fraction of sp³-hybridized carbons (Fsp3) is 0. The zero-order valence-electron chi connectivity index (χ0n) is 5.06. The first-order valence-electron chi connectivity index (χ1n) is 0. The summed E-state index contributed by atoms with van der Waals surface area (Å²) in [5, 5.41) is 0. The first-order valence-corrected chi connectivity index (χ1v) is 0. The predicted octanol–water partition coefficient (Wildman–Crippen LogP) is -4.64. The molecule has 0 aliphatic heterocycles. The molecule has 0 aliphatic rings. The molecule has 0 saturated carbocycles. The molecule has 0 aromatic heterocycles. The van der Waals surface area contributed by atoms with Crippen LogP contribution in [0.25, 0.3) is 0 Å². The van der Waals surface area contributed by atoms with Crippen molar-refractivity contribution in [2.45, 2.75) is 0 Å². The Balaban J connectivity index is 0. The zero-order valence-corrected chi connectivity index (χ0v) is 6.37. The Bertz CT molecular complexity index is 18.5. The second-order valence-electron chi connectivity index (χ2n) is 0. The summed E-state index contributed by atoms with van der Waals surface area (Å²) < 4.78 is 0. The van der Waals surface area contributed by atoms with Crippen LogP contribution in [0.1, 0.15) is 2.85 Å². The second-order valence-corrected chi connectivity index (χ2v) is 0. The minimum Gasteiger partial charge on any atom is -1.00 e. The van der Waals surface area contributed by atoms with Crippen LogP contribution in [0.15, 0.2) is 0 Å². The first kappa shape index (κ1) is 131. The van der Waals surface area contributed by atoms with Crippen LogP contribution in [0.3, 0.4) is 0 Å². The Morgan fingerprint density at radius 1 is 0.714 bits per heavy atom. The molecular formula is H13AlCaFeO4. The Kier molecular flexibility index (Phi) is 1690. The molecule has 0 aromatic rings. The molecule has 0 radical (unpaired) electrons. The van der Waals surface area contributed by atoms with Crippen molar-refractivity contribution in [3.8, 4) is 0 Å². The average Bonchev–Trinajstić information content (AvgIpc) is 0. The van der Waals surface area contributed by atoms with Crippen LogP contribution >= 0.6 is 0 Å². The van der Waals surface area contributed by atoms with Gasteiger partial charge in [-0.15, -0.1) is 0 Å². The van der Waals surface area contributed by atoms with E-state index in [9.17, 15) is 0 Å². The molecule has 7 heteroatoms. The summed E-state index contributed by atoms with van der Waals surface area (Å²) in [5.74, 6) is 0. The van der Waals surface area contributed by atoms with Crippen LogP contribution in [0.4, 0.5) is 0 Å². The maximum Gasteiger partial charge on any atom is 2.00 e. The molecule has 0 aliphatic carbocycles. The first-order chi connectivity index (χ1) is 0. The summed E-state index contributed by atoms with van der Waals surface area (Å²) >= 11 is 0.